The zero-order valence-electron chi connectivity index (χ0n) is 24.8. The van der Waals surface area contributed by atoms with Crippen LogP contribution in [0.3, 0.4) is 0 Å². The third-order valence-electron chi connectivity index (χ3n) is 9.12. The van der Waals surface area contributed by atoms with Crippen LogP contribution in [-0.2, 0) is 11.3 Å². The second-order valence-electron chi connectivity index (χ2n) is 12.2. The standard InChI is InChI=1S/C33H40F3N5O3/c34-25-8-9-28(35)27(15-25)30-21-40(18-22-5-2-1-3-6-22)32(38-30)31(23-10-13-44-14-11-23)41(19-24-16-37-17-29(24)36)33(43)39-12-4-7-26(42)20-39/h1-3,5-6,8-9,15,21,23-24,26,29,31,37,42H,4,7,10-14,16-20H2/t24-,26?,29-,31?/m0/s1. The number of benzene rings is 2. The monoisotopic (exact) mass is 611 g/mol. The van der Waals surface area contributed by atoms with Gasteiger partial charge in [0.15, 0.2) is 0 Å². The van der Waals surface area contributed by atoms with Crippen LogP contribution in [0, 0.1) is 23.5 Å². The molecule has 3 aliphatic heterocycles. The highest BCUT2D eigenvalue weighted by Gasteiger charge is 2.42. The number of imidazole rings is 1. The molecule has 2 amide bonds. The van der Waals surface area contributed by atoms with E-state index in [1.165, 1.54) is 0 Å². The fourth-order valence-electron chi connectivity index (χ4n) is 6.79. The zero-order chi connectivity index (χ0) is 30.6. The van der Waals surface area contributed by atoms with E-state index in [4.69, 9.17) is 9.72 Å². The van der Waals surface area contributed by atoms with Crippen molar-refractivity contribution in [2.45, 2.75) is 50.5 Å². The van der Waals surface area contributed by atoms with Crippen LogP contribution in [0.4, 0.5) is 18.0 Å². The van der Waals surface area contributed by atoms with Gasteiger partial charge in [0.25, 0.3) is 0 Å². The number of hydrogen-bond acceptors (Lipinski definition) is 5. The van der Waals surface area contributed by atoms with Gasteiger partial charge in [-0.15, -0.1) is 0 Å². The van der Waals surface area contributed by atoms with Gasteiger partial charge in [0, 0.05) is 70.2 Å². The summed E-state index contributed by atoms with van der Waals surface area (Å²) in [5.74, 6) is -1.14. The van der Waals surface area contributed by atoms with Crippen molar-refractivity contribution in [3.05, 3.63) is 77.8 Å². The fourth-order valence-corrected chi connectivity index (χ4v) is 6.79. The molecular formula is C33H40F3N5O3. The quantitative estimate of drug-likeness (QED) is 0.383. The Morgan fingerprint density at radius 2 is 1.91 bits per heavy atom. The highest BCUT2D eigenvalue weighted by Crippen LogP contribution is 2.39. The van der Waals surface area contributed by atoms with E-state index in [-0.39, 0.29) is 42.8 Å². The van der Waals surface area contributed by atoms with Crippen LogP contribution < -0.4 is 5.32 Å². The van der Waals surface area contributed by atoms with Crippen LogP contribution in [0.15, 0.2) is 54.7 Å². The van der Waals surface area contributed by atoms with Crippen molar-refractivity contribution in [3.8, 4) is 11.3 Å². The molecule has 44 heavy (non-hydrogen) atoms. The lowest BCUT2D eigenvalue weighted by Crippen LogP contribution is -2.53. The number of β-amino-alcohol motifs (C(OH)–C–C–N with tert-alkyl or cyclic N) is 1. The lowest BCUT2D eigenvalue weighted by Gasteiger charge is -2.43. The molecule has 2 N–H and O–H groups in total. The first-order chi connectivity index (χ1) is 21.4. The number of halogens is 3. The summed E-state index contributed by atoms with van der Waals surface area (Å²) in [6.07, 6.45) is 2.58. The fraction of sp³-hybridized carbons (Fsp3) is 0.515. The van der Waals surface area contributed by atoms with Crippen LogP contribution in [0.2, 0.25) is 0 Å². The van der Waals surface area contributed by atoms with Crippen molar-refractivity contribution in [1.29, 1.82) is 0 Å². The molecule has 0 spiro atoms. The number of nitrogens with zero attached hydrogens (tertiary/aromatic N) is 4. The van der Waals surface area contributed by atoms with Gasteiger partial charge < -0.3 is 29.5 Å². The van der Waals surface area contributed by atoms with Crippen molar-refractivity contribution in [2.75, 3.05) is 45.9 Å². The van der Waals surface area contributed by atoms with Gasteiger partial charge >= 0.3 is 6.03 Å². The molecule has 2 aromatic carbocycles. The van der Waals surface area contributed by atoms with Gasteiger partial charge in [-0.25, -0.2) is 22.9 Å². The van der Waals surface area contributed by atoms with E-state index in [1.807, 2.05) is 34.9 Å². The summed E-state index contributed by atoms with van der Waals surface area (Å²) >= 11 is 0. The predicted molar refractivity (Wildman–Crippen MR) is 160 cm³/mol. The van der Waals surface area contributed by atoms with Crippen molar-refractivity contribution in [2.24, 2.45) is 11.8 Å². The second-order valence-corrected chi connectivity index (χ2v) is 12.2. The predicted octanol–water partition coefficient (Wildman–Crippen LogP) is 4.78. The molecule has 3 aliphatic rings. The van der Waals surface area contributed by atoms with E-state index in [1.54, 1.807) is 16.0 Å². The van der Waals surface area contributed by atoms with E-state index >= 15 is 8.78 Å². The van der Waals surface area contributed by atoms with Crippen molar-refractivity contribution < 1.29 is 27.8 Å². The number of likely N-dealkylation sites (tertiary alicyclic amines) is 1. The van der Waals surface area contributed by atoms with Crippen molar-refractivity contribution >= 4 is 6.03 Å². The first-order valence-corrected chi connectivity index (χ1v) is 15.6. The number of nitrogens with one attached hydrogen (secondary N) is 1. The van der Waals surface area contributed by atoms with Crippen LogP contribution in [-0.4, -0.2) is 88.7 Å². The largest absolute Gasteiger partial charge is 0.391 e. The number of piperidine rings is 1. The van der Waals surface area contributed by atoms with Gasteiger partial charge in [-0.3, -0.25) is 0 Å². The van der Waals surface area contributed by atoms with Gasteiger partial charge in [0.1, 0.15) is 23.6 Å². The highest BCUT2D eigenvalue weighted by molar-refractivity contribution is 5.75. The topological polar surface area (TPSA) is 82.9 Å². The number of hydrogen-bond donors (Lipinski definition) is 2. The van der Waals surface area contributed by atoms with Crippen LogP contribution >= 0.6 is 0 Å². The minimum atomic E-state index is -1.12. The van der Waals surface area contributed by atoms with Gasteiger partial charge in [-0.1, -0.05) is 30.3 Å². The smallest absolute Gasteiger partial charge is 0.320 e. The number of aromatic nitrogens is 2. The zero-order valence-corrected chi connectivity index (χ0v) is 24.8. The maximum atomic E-state index is 15.1. The summed E-state index contributed by atoms with van der Waals surface area (Å²) in [4.78, 5) is 22.8. The van der Waals surface area contributed by atoms with E-state index in [9.17, 15) is 14.3 Å². The average Bonchev–Trinajstić information content (AvgIpc) is 3.64. The Morgan fingerprint density at radius 1 is 1.11 bits per heavy atom. The summed E-state index contributed by atoms with van der Waals surface area (Å²) in [5, 5.41) is 13.6. The molecule has 1 aromatic heterocycles. The second kappa shape index (κ2) is 13.7. The molecule has 0 bridgehead atoms. The summed E-state index contributed by atoms with van der Waals surface area (Å²) in [6.45, 7) is 2.92. The third-order valence-corrected chi connectivity index (χ3v) is 9.12. The molecule has 3 aromatic rings. The lowest BCUT2D eigenvalue weighted by atomic mass is 9.89. The molecule has 4 atom stereocenters. The normalized spacial score (nSPS) is 23.5. The minimum absolute atomic E-state index is 0.0321. The Labute approximate surface area is 255 Å². The summed E-state index contributed by atoms with van der Waals surface area (Å²) in [7, 11) is 0. The molecule has 0 aliphatic carbocycles. The Morgan fingerprint density at radius 3 is 2.64 bits per heavy atom. The van der Waals surface area contributed by atoms with Gasteiger partial charge in [-0.2, -0.15) is 0 Å². The number of aliphatic hydroxyl groups excluding tert-OH is 1. The number of aliphatic hydroxyl groups is 1. The maximum absolute atomic E-state index is 15.1. The molecule has 6 rings (SSSR count). The first-order valence-electron chi connectivity index (χ1n) is 15.6. The van der Waals surface area contributed by atoms with Gasteiger partial charge in [0.05, 0.1) is 17.8 Å². The number of rotatable bonds is 8. The molecule has 11 heteroatoms. The molecule has 0 radical (unpaired) electrons. The number of carbonyl (C=O) groups is 1. The minimum Gasteiger partial charge on any atom is -0.391 e. The number of alkyl halides is 1. The summed E-state index contributed by atoms with van der Waals surface area (Å²) in [6, 6.07) is 12.2. The Kier molecular flexibility index (Phi) is 9.53. The SMILES string of the molecule is O=C(N1CCCC(O)C1)N(C[C@@H]1CNC[C@@H]1F)C(c1nc(-c2cc(F)ccc2F)cn1Cc1ccccc1)C1CCOCC1. The van der Waals surface area contributed by atoms with E-state index < -0.39 is 35.9 Å². The summed E-state index contributed by atoms with van der Waals surface area (Å²) in [5.41, 5.74) is 1.27. The number of amides is 2. The highest BCUT2D eigenvalue weighted by atomic mass is 19.1. The third kappa shape index (κ3) is 6.79. The Hall–Kier alpha value is -3.41. The van der Waals surface area contributed by atoms with Gasteiger partial charge in [-0.05, 0) is 55.4 Å². The van der Waals surface area contributed by atoms with Crippen molar-refractivity contribution in [1.82, 2.24) is 24.7 Å². The molecule has 2 unspecified atom stereocenters. The Bertz CT molecular complexity index is 1420. The molecular weight excluding hydrogens is 571 g/mol. The molecule has 4 heterocycles. The number of ether oxygens (including phenoxy) is 1. The van der Waals surface area contributed by atoms with E-state index in [0.29, 0.717) is 64.4 Å². The molecule has 3 saturated heterocycles. The lowest BCUT2D eigenvalue weighted by molar-refractivity contribution is 0.0135. The Balaban J connectivity index is 1.48. The van der Waals surface area contributed by atoms with Gasteiger partial charge in [0.2, 0.25) is 0 Å². The van der Waals surface area contributed by atoms with E-state index in [0.717, 1.165) is 23.8 Å². The van der Waals surface area contributed by atoms with Crippen LogP contribution in [0.5, 0.6) is 0 Å². The van der Waals surface area contributed by atoms with Crippen molar-refractivity contribution in [3.63, 3.8) is 0 Å². The summed E-state index contributed by atoms with van der Waals surface area (Å²) < 4.78 is 52.2. The number of carbonyl (C=O) groups excluding carboxylic acids is 1. The van der Waals surface area contributed by atoms with Crippen LogP contribution in [0.1, 0.15) is 43.1 Å². The maximum Gasteiger partial charge on any atom is 0.320 e. The molecule has 236 valence electrons. The number of urea groups is 1. The average molecular weight is 612 g/mol. The first kappa shape index (κ1) is 30.6. The molecule has 3 fully saturated rings. The van der Waals surface area contributed by atoms with E-state index in [2.05, 4.69) is 5.32 Å². The molecule has 8 nitrogen and oxygen atoms in total. The molecule has 0 saturated carbocycles. The van der Waals surface area contributed by atoms with Crippen LogP contribution in [0.25, 0.3) is 11.3 Å².